The van der Waals surface area contributed by atoms with Crippen LogP contribution in [0.5, 0.6) is 0 Å². The SMILES string of the molecule is Clc1cc2n[c-][nH]c2cc1Cl.[K+]. The first kappa shape index (κ1) is 11.0. The van der Waals surface area contributed by atoms with E-state index in [9.17, 15) is 0 Å². The molecule has 1 N–H and O–H groups in total. The predicted octanol–water partition coefficient (Wildman–Crippen LogP) is -0.326. The van der Waals surface area contributed by atoms with Crippen molar-refractivity contribution in [2.24, 2.45) is 0 Å². The average molecular weight is 225 g/mol. The summed E-state index contributed by atoms with van der Waals surface area (Å²) in [6.45, 7) is 0. The molecule has 12 heavy (non-hydrogen) atoms. The maximum absolute atomic E-state index is 5.75. The number of benzene rings is 1. The molecule has 2 rings (SSSR count). The van der Waals surface area contributed by atoms with Gasteiger partial charge in [-0.3, -0.25) is 0 Å². The van der Waals surface area contributed by atoms with E-state index < -0.39 is 0 Å². The average Bonchev–Trinajstić information content (AvgIpc) is 2.36. The van der Waals surface area contributed by atoms with E-state index in [2.05, 4.69) is 16.3 Å². The van der Waals surface area contributed by atoms with Gasteiger partial charge >= 0.3 is 51.4 Å². The van der Waals surface area contributed by atoms with E-state index in [1.807, 2.05) is 0 Å². The minimum Gasteiger partial charge on any atom is -0.460 e. The Hall–Kier alpha value is 0.906. The maximum Gasteiger partial charge on any atom is 1.00 e. The normalized spacial score (nSPS) is 9.83. The van der Waals surface area contributed by atoms with Crippen LogP contribution < -0.4 is 51.4 Å². The van der Waals surface area contributed by atoms with Crippen LogP contribution in [0.4, 0.5) is 0 Å². The molecule has 1 aromatic heterocycles. The molecular weight excluding hydrogens is 222 g/mol. The molecule has 1 heterocycles. The quantitative estimate of drug-likeness (QED) is 0.483. The summed E-state index contributed by atoms with van der Waals surface area (Å²) >= 11 is 11.5. The van der Waals surface area contributed by atoms with Crippen LogP contribution in [0, 0.1) is 6.33 Å². The molecule has 0 atom stereocenters. The molecule has 0 amide bonds. The van der Waals surface area contributed by atoms with Crippen molar-refractivity contribution in [3.8, 4) is 0 Å². The van der Waals surface area contributed by atoms with E-state index in [-0.39, 0.29) is 51.4 Å². The van der Waals surface area contributed by atoms with Crippen molar-refractivity contribution < 1.29 is 51.4 Å². The summed E-state index contributed by atoms with van der Waals surface area (Å²) in [5, 5.41) is 1.04. The van der Waals surface area contributed by atoms with Crippen LogP contribution in [-0.2, 0) is 0 Å². The van der Waals surface area contributed by atoms with Crippen molar-refractivity contribution in [2.45, 2.75) is 0 Å². The Morgan fingerprint density at radius 1 is 1.25 bits per heavy atom. The van der Waals surface area contributed by atoms with Gasteiger partial charge in [0.25, 0.3) is 0 Å². The Morgan fingerprint density at radius 2 is 1.92 bits per heavy atom. The molecule has 56 valence electrons. The number of rotatable bonds is 0. The van der Waals surface area contributed by atoms with Gasteiger partial charge in [-0.15, -0.1) is 0 Å². The fourth-order valence-electron chi connectivity index (χ4n) is 0.877. The van der Waals surface area contributed by atoms with Crippen molar-refractivity contribution in [1.82, 2.24) is 9.97 Å². The Balaban J connectivity index is 0.000000720. The van der Waals surface area contributed by atoms with E-state index in [0.29, 0.717) is 10.0 Å². The van der Waals surface area contributed by atoms with Gasteiger partial charge in [-0.2, -0.15) is 0 Å². The van der Waals surface area contributed by atoms with Gasteiger partial charge in [0.2, 0.25) is 0 Å². The first-order chi connectivity index (χ1) is 5.27. The van der Waals surface area contributed by atoms with Gasteiger partial charge in [0.05, 0.1) is 0 Å². The third kappa shape index (κ3) is 2.04. The zero-order valence-electron chi connectivity index (χ0n) is 6.36. The van der Waals surface area contributed by atoms with E-state index in [1.165, 1.54) is 0 Å². The standard InChI is InChI=1S/C7H3Cl2N2.K/c8-4-1-6-7(2-5(4)9)11-3-10-6;/h1-2H,(H,10,11);/q-1;+1. The monoisotopic (exact) mass is 224 g/mol. The summed E-state index contributed by atoms with van der Waals surface area (Å²) in [6.07, 6.45) is 2.60. The van der Waals surface area contributed by atoms with Crippen LogP contribution in [-0.4, -0.2) is 9.97 Å². The number of nitrogens with one attached hydrogen (secondary N) is 1. The molecule has 0 spiro atoms. The van der Waals surface area contributed by atoms with Gasteiger partial charge in [0.15, 0.2) is 0 Å². The molecule has 0 saturated heterocycles. The number of imidazole rings is 1. The molecule has 2 aromatic rings. The number of nitrogens with zero attached hydrogens (tertiary/aromatic N) is 1. The third-order valence-corrected chi connectivity index (χ3v) is 2.13. The second kappa shape index (κ2) is 4.42. The molecule has 1 aromatic carbocycles. The van der Waals surface area contributed by atoms with E-state index in [4.69, 9.17) is 23.2 Å². The molecule has 0 bridgehead atoms. The molecule has 0 aliphatic carbocycles. The van der Waals surface area contributed by atoms with Crippen LogP contribution in [0.1, 0.15) is 0 Å². The second-order valence-corrected chi connectivity index (χ2v) is 2.95. The van der Waals surface area contributed by atoms with Crippen LogP contribution >= 0.6 is 23.2 Å². The number of hydrogen-bond donors (Lipinski definition) is 1. The smallest absolute Gasteiger partial charge is 0.460 e. The largest absolute Gasteiger partial charge is 1.00 e. The molecule has 5 heteroatoms. The Kier molecular flexibility index (Phi) is 4.04. The first-order valence-electron chi connectivity index (χ1n) is 2.98. The molecule has 0 aliphatic rings. The topological polar surface area (TPSA) is 28.7 Å². The Labute approximate surface area is 122 Å². The number of hydrogen-bond acceptors (Lipinski definition) is 1. The van der Waals surface area contributed by atoms with Crippen molar-refractivity contribution in [1.29, 1.82) is 0 Å². The molecule has 0 aliphatic heterocycles. The molecule has 0 unspecified atom stereocenters. The summed E-state index contributed by atoms with van der Waals surface area (Å²) in [5.41, 5.74) is 1.62. The summed E-state index contributed by atoms with van der Waals surface area (Å²) in [4.78, 5) is 6.71. The number of fused-ring (bicyclic) bond motifs is 1. The summed E-state index contributed by atoms with van der Waals surface area (Å²) in [7, 11) is 0. The number of aromatic amines is 1. The van der Waals surface area contributed by atoms with E-state index in [1.54, 1.807) is 12.1 Å². The van der Waals surface area contributed by atoms with Crippen LogP contribution in [0.25, 0.3) is 11.0 Å². The fraction of sp³-hybridized carbons (Fsp3) is 0. The predicted molar refractivity (Wildman–Crippen MR) is 44.9 cm³/mol. The van der Waals surface area contributed by atoms with Crippen LogP contribution in [0.2, 0.25) is 10.0 Å². The number of halogens is 2. The van der Waals surface area contributed by atoms with Gasteiger partial charge in [-0.1, -0.05) is 46.4 Å². The minimum atomic E-state index is 0. The van der Waals surface area contributed by atoms with E-state index in [0.717, 1.165) is 11.0 Å². The van der Waals surface area contributed by atoms with Gasteiger partial charge < -0.3 is 9.97 Å². The molecule has 0 radical (unpaired) electrons. The Bertz CT molecular complexity index is 363. The van der Waals surface area contributed by atoms with Gasteiger partial charge in [-0.05, 0) is 6.33 Å². The number of H-pyrrole nitrogens is 1. The molecule has 2 nitrogen and oxygen atoms in total. The van der Waals surface area contributed by atoms with Crippen molar-refractivity contribution >= 4 is 34.2 Å². The fourth-order valence-corrected chi connectivity index (χ4v) is 1.20. The van der Waals surface area contributed by atoms with Gasteiger partial charge in [0.1, 0.15) is 0 Å². The maximum atomic E-state index is 5.75. The summed E-state index contributed by atoms with van der Waals surface area (Å²) in [6, 6.07) is 3.43. The van der Waals surface area contributed by atoms with E-state index >= 15 is 0 Å². The zero-order chi connectivity index (χ0) is 7.84. The summed E-state index contributed by atoms with van der Waals surface area (Å²) in [5.74, 6) is 0. The molecule has 0 saturated carbocycles. The second-order valence-electron chi connectivity index (χ2n) is 2.13. The van der Waals surface area contributed by atoms with Gasteiger partial charge in [-0.25, -0.2) is 0 Å². The van der Waals surface area contributed by atoms with Gasteiger partial charge in [0, 0.05) is 10.0 Å². The van der Waals surface area contributed by atoms with Crippen LogP contribution in [0.15, 0.2) is 12.1 Å². The van der Waals surface area contributed by atoms with Crippen molar-refractivity contribution in [3.05, 3.63) is 28.5 Å². The molecular formula is C7H3Cl2KN2. The first-order valence-corrected chi connectivity index (χ1v) is 3.74. The number of aromatic nitrogens is 2. The zero-order valence-corrected chi connectivity index (χ0v) is 11.0. The Morgan fingerprint density at radius 3 is 2.67 bits per heavy atom. The minimum absolute atomic E-state index is 0. The third-order valence-electron chi connectivity index (χ3n) is 1.41. The summed E-state index contributed by atoms with van der Waals surface area (Å²) < 4.78 is 0. The molecule has 0 fully saturated rings. The van der Waals surface area contributed by atoms with Crippen molar-refractivity contribution in [2.75, 3.05) is 0 Å². The van der Waals surface area contributed by atoms with Crippen molar-refractivity contribution in [3.63, 3.8) is 0 Å². The van der Waals surface area contributed by atoms with Crippen LogP contribution in [0.3, 0.4) is 0 Å².